The van der Waals surface area contributed by atoms with E-state index in [9.17, 15) is 0 Å². The first-order chi connectivity index (χ1) is 5.72. The fourth-order valence-corrected chi connectivity index (χ4v) is 2.55. The molecule has 1 atom stereocenters. The van der Waals surface area contributed by atoms with Crippen LogP contribution in [0.15, 0.2) is 12.7 Å². The molecule has 0 aliphatic carbocycles. The quantitative estimate of drug-likeness (QED) is 0.379. The Bertz CT molecular complexity index is 143. The summed E-state index contributed by atoms with van der Waals surface area (Å²) in [4.78, 5) is 0. The van der Waals surface area contributed by atoms with E-state index in [4.69, 9.17) is 0 Å². The average molecular weight is 249 g/mol. The number of hydrogen-bond donors (Lipinski definition) is 0. The molecular formula is C10H18SSe. The molecule has 2 heteroatoms. The van der Waals surface area contributed by atoms with Gasteiger partial charge in [0, 0.05) is 0 Å². The third kappa shape index (κ3) is 6.05. The molecule has 0 nitrogen and oxygen atoms in total. The summed E-state index contributed by atoms with van der Waals surface area (Å²) in [6, 6.07) is 0. The second-order valence-electron chi connectivity index (χ2n) is 2.95. The van der Waals surface area contributed by atoms with Crippen LogP contribution in [-0.2, 0) is 0 Å². The van der Waals surface area contributed by atoms with E-state index in [1.165, 1.54) is 22.3 Å². The van der Waals surface area contributed by atoms with Gasteiger partial charge in [-0.2, -0.15) is 0 Å². The van der Waals surface area contributed by atoms with E-state index in [2.05, 4.69) is 36.0 Å². The molecule has 0 fully saturated rings. The first kappa shape index (κ1) is 12.5. The summed E-state index contributed by atoms with van der Waals surface area (Å²) in [6.45, 7) is 8.21. The van der Waals surface area contributed by atoms with Crippen LogP contribution in [0.25, 0.3) is 0 Å². The summed E-state index contributed by atoms with van der Waals surface area (Å²) in [7, 11) is 0. The van der Waals surface area contributed by atoms with Crippen molar-refractivity contribution in [1.29, 1.82) is 0 Å². The molecule has 0 aromatic carbocycles. The van der Waals surface area contributed by atoms with Crippen molar-refractivity contribution in [3.05, 3.63) is 12.7 Å². The summed E-state index contributed by atoms with van der Waals surface area (Å²) < 4.78 is 1.43. The fourth-order valence-electron chi connectivity index (χ4n) is 0.806. The van der Waals surface area contributed by atoms with Gasteiger partial charge in [0.05, 0.1) is 0 Å². The van der Waals surface area contributed by atoms with Crippen molar-refractivity contribution < 1.29 is 0 Å². The van der Waals surface area contributed by atoms with Gasteiger partial charge in [0.1, 0.15) is 0 Å². The van der Waals surface area contributed by atoms with Crippen molar-refractivity contribution in [1.82, 2.24) is 0 Å². The summed E-state index contributed by atoms with van der Waals surface area (Å²) >= 11 is 5.11. The second-order valence-corrected chi connectivity index (χ2v) is 5.59. The van der Waals surface area contributed by atoms with Gasteiger partial charge in [0.25, 0.3) is 0 Å². The molecule has 0 rings (SSSR count). The van der Waals surface area contributed by atoms with Crippen LogP contribution < -0.4 is 0 Å². The normalized spacial score (nSPS) is 12.5. The van der Waals surface area contributed by atoms with Gasteiger partial charge in [-0.15, -0.1) is 0 Å². The molecule has 1 unspecified atom stereocenters. The molecule has 0 aliphatic rings. The van der Waals surface area contributed by atoms with Gasteiger partial charge in [-0.05, 0) is 0 Å². The van der Waals surface area contributed by atoms with Crippen molar-refractivity contribution in [2.24, 2.45) is 5.92 Å². The Labute approximate surface area is 88.6 Å². The summed E-state index contributed by atoms with van der Waals surface area (Å²) in [5.41, 5.74) is 0. The molecule has 12 heavy (non-hydrogen) atoms. The molecular weight excluding hydrogens is 231 g/mol. The van der Waals surface area contributed by atoms with Crippen LogP contribution in [-0.4, -0.2) is 25.1 Å². The summed E-state index contributed by atoms with van der Waals surface area (Å²) in [6.07, 6.45) is 5.68. The monoisotopic (exact) mass is 250 g/mol. The second kappa shape index (κ2) is 8.09. The van der Waals surface area contributed by atoms with Crippen LogP contribution >= 0.6 is 11.8 Å². The first-order valence-electron chi connectivity index (χ1n) is 4.49. The summed E-state index contributed by atoms with van der Waals surface area (Å²) in [5.74, 6) is 1.89. The molecule has 0 aliphatic heterocycles. The molecule has 0 saturated carbocycles. The van der Waals surface area contributed by atoms with Crippen molar-refractivity contribution >= 4 is 31.1 Å². The molecule has 70 valence electrons. The van der Waals surface area contributed by atoms with Crippen molar-refractivity contribution in [3.8, 4) is 0 Å². The zero-order valence-electron chi connectivity index (χ0n) is 8.01. The van der Waals surface area contributed by atoms with Gasteiger partial charge < -0.3 is 0 Å². The van der Waals surface area contributed by atoms with Gasteiger partial charge in [0.2, 0.25) is 0 Å². The molecule has 0 radical (unpaired) electrons. The molecule has 0 aromatic rings. The maximum atomic E-state index is 3.74. The Morgan fingerprint density at radius 3 is 2.83 bits per heavy atom. The van der Waals surface area contributed by atoms with Crippen LogP contribution in [0.3, 0.4) is 0 Å². The number of thioether (sulfide) groups is 1. The molecule has 0 spiro atoms. The number of unbranched alkanes of at least 4 members (excludes halogenated alkanes) is 1. The SMILES string of the molecule is C=CCC(C)C(=[Se])SCCCC. The number of hydrogen-bond acceptors (Lipinski definition) is 1. The summed E-state index contributed by atoms with van der Waals surface area (Å²) in [5, 5.41) is 0. The zero-order valence-corrected chi connectivity index (χ0v) is 10.5. The Morgan fingerprint density at radius 1 is 1.67 bits per heavy atom. The van der Waals surface area contributed by atoms with Crippen molar-refractivity contribution in [3.63, 3.8) is 0 Å². The molecule has 0 heterocycles. The van der Waals surface area contributed by atoms with E-state index in [1.807, 2.05) is 17.8 Å². The predicted molar refractivity (Wildman–Crippen MR) is 62.1 cm³/mol. The van der Waals surface area contributed by atoms with E-state index < -0.39 is 0 Å². The Balaban J connectivity index is 3.49. The molecule has 0 bridgehead atoms. The van der Waals surface area contributed by atoms with Crippen LogP contribution in [0.2, 0.25) is 0 Å². The predicted octanol–water partition coefficient (Wildman–Crippen LogP) is 3.03. The van der Waals surface area contributed by atoms with E-state index in [0.717, 1.165) is 6.42 Å². The Morgan fingerprint density at radius 2 is 2.33 bits per heavy atom. The van der Waals surface area contributed by atoms with Gasteiger partial charge >= 0.3 is 88.5 Å². The molecule has 0 aromatic heterocycles. The molecule has 0 N–H and O–H groups in total. The maximum absolute atomic E-state index is 3.74. The van der Waals surface area contributed by atoms with Crippen molar-refractivity contribution in [2.75, 3.05) is 5.75 Å². The van der Waals surface area contributed by atoms with E-state index in [0.29, 0.717) is 5.92 Å². The average Bonchev–Trinajstić information content (AvgIpc) is 2.05. The van der Waals surface area contributed by atoms with E-state index >= 15 is 0 Å². The topological polar surface area (TPSA) is 0 Å². The van der Waals surface area contributed by atoms with Crippen LogP contribution in [0, 0.1) is 5.92 Å². The van der Waals surface area contributed by atoms with Crippen LogP contribution in [0.4, 0.5) is 0 Å². The van der Waals surface area contributed by atoms with Gasteiger partial charge in [0.15, 0.2) is 0 Å². The van der Waals surface area contributed by atoms with Crippen LogP contribution in [0.1, 0.15) is 33.1 Å². The first-order valence-corrected chi connectivity index (χ1v) is 6.34. The zero-order chi connectivity index (χ0) is 9.40. The molecule has 0 amide bonds. The van der Waals surface area contributed by atoms with Gasteiger partial charge in [-0.3, -0.25) is 0 Å². The number of allylic oxidation sites excluding steroid dienone is 1. The fraction of sp³-hybridized carbons (Fsp3) is 0.700. The van der Waals surface area contributed by atoms with E-state index in [-0.39, 0.29) is 0 Å². The van der Waals surface area contributed by atoms with Crippen LogP contribution in [0.5, 0.6) is 0 Å². The minimum absolute atomic E-state index is 0.643. The third-order valence-corrected chi connectivity index (χ3v) is 4.43. The van der Waals surface area contributed by atoms with Gasteiger partial charge in [-0.25, -0.2) is 0 Å². The third-order valence-electron chi connectivity index (χ3n) is 1.66. The minimum atomic E-state index is 0.643. The van der Waals surface area contributed by atoms with E-state index in [1.54, 1.807) is 0 Å². The Hall–Kier alpha value is 0.479. The molecule has 0 saturated heterocycles. The number of rotatable bonds is 7. The van der Waals surface area contributed by atoms with Gasteiger partial charge in [-0.1, -0.05) is 0 Å². The Kier molecular flexibility index (Phi) is 8.42. The standard InChI is InChI=1S/C10H18SSe/c1-4-6-8-11-10(12)9(3)7-5-2/h5,9H,2,4,6-8H2,1,3H3. The van der Waals surface area contributed by atoms with Crippen molar-refractivity contribution in [2.45, 2.75) is 33.1 Å².